The molecule has 1 aromatic heterocycles. The molecular formula is C20H23N2O2+. The first-order valence-electron chi connectivity index (χ1n) is 8.65. The predicted molar refractivity (Wildman–Crippen MR) is 94.1 cm³/mol. The third kappa shape index (κ3) is 2.17. The molecule has 1 atom stereocenters. The van der Waals surface area contributed by atoms with Crippen LogP contribution in [0.25, 0.3) is 22.4 Å². The topological polar surface area (TPSA) is 49.3 Å². The number of imidazole rings is 1. The number of phenolic OH excluding ortho intramolecular Hbond substituents is 2. The smallest absolute Gasteiger partial charge is 0.290 e. The summed E-state index contributed by atoms with van der Waals surface area (Å²) in [6.07, 6.45) is 4.34. The molecule has 2 heterocycles. The van der Waals surface area contributed by atoms with Gasteiger partial charge in [0.15, 0.2) is 11.0 Å². The largest absolute Gasteiger partial charge is 0.508 e. The van der Waals surface area contributed by atoms with Crippen molar-refractivity contribution in [2.24, 2.45) is 7.05 Å². The van der Waals surface area contributed by atoms with Gasteiger partial charge in [0, 0.05) is 12.5 Å². The molecule has 0 aliphatic carbocycles. The minimum absolute atomic E-state index is 0.300. The van der Waals surface area contributed by atoms with Crippen LogP contribution in [0.4, 0.5) is 0 Å². The van der Waals surface area contributed by atoms with Crippen molar-refractivity contribution in [2.45, 2.75) is 38.6 Å². The summed E-state index contributed by atoms with van der Waals surface area (Å²) in [5.41, 5.74) is 4.56. The number of aromatic nitrogens is 2. The van der Waals surface area contributed by atoms with Gasteiger partial charge in [-0.3, -0.25) is 0 Å². The van der Waals surface area contributed by atoms with Crippen molar-refractivity contribution < 1.29 is 14.8 Å². The van der Waals surface area contributed by atoms with E-state index in [9.17, 15) is 10.2 Å². The van der Waals surface area contributed by atoms with Gasteiger partial charge in [0.1, 0.15) is 17.5 Å². The Morgan fingerprint density at radius 1 is 1.12 bits per heavy atom. The number of aromatic hydroxyl groups is 2. The standard InChI is InChI=1S/C20H22N2O2/c1-3-4-5-14-10-13-11-15(23)6-8-17(13)20-21(2)18-9-7-16(24)12-19(18)22(14)20/h6-9,11-12,14,24H,3-5,10H2,1-2H3/p+1. The summed E-state index contributed by atoms with van der Waals surface area (Å²) in [7, 11) is 2.07. The molecule has 1 aliphatic heterocycles. The van der Waals surface area contributed by atoms with Gasteiger partial charge in [-0.15, -0.1) is 0 Å². The molecule has 0 bridgehead atoms. The molecular weight excluding hydrogens is 300 g/mol. The molecule has 1 aliphatic rings. The minimum Gasteiger partial charge on any atom is -0.508 e. The number of hydrogen-bond donors (Lipinski definition) is 2. The number of rotatable bonds is 3. The maximum atomic E-state index is 9.98. The highest BCUT2D eigenvalue weighted by molar-refractivity contribution is 5.79. The van der Waals surface area contributed by atoms with Gasteiger partial charge < -0.3 is 10.2 Å². The Morgan fingerprint density at radius 3 is 2.67 bits per heavy atom. The number of phenols is 2. The van der Waals surface area contributed by atoms with Crippen LogP contribution in [0.5, 0.6) is 11.5 Å². The highest BCUT2D eigenvalue weighted by Crippen LogP contribution is 2.40. The number of fused-ring (bicyclic) bond motifs is 5. The molecule has 0 saturated carbocycles. The van der Waals surface area contributed by atoms with Crippen molar-refractivity contribution in [2.75, 3.05) is 0 Å². The van der Waals surface area contributed by atoms with E-state index in [4.69, 9.17) is 0 Å². The summed E-state index contributed by atoms with van der Waals surface area (Å²) in [5.74, 6) is 1.78. The van der Waals surface area contributed by atoms with E-state index < -0.39 is 0 Å². The summed E-state index contributed by atoms with van der Waals surface area (Å²) >= 11 is 0. The first kappa shape index (κ1) is 15.1. The van der Waals surface area contributed by atoms with Crippen LogP contribution >= 0.6 is 0 Å². The lowest BCUT2D eigenvalue weighted by Gasteiger charge is -2.23. The fraction of sp³-hybridized carbons (Fsp3) is 0.350. The van der Waals surface area contributed by atoms with Gasteiger partial charge in [0.25, 0.3) is 5.82 Å². The van der Waals surface area contributed by atoms with E-state index in [0.717, 1.165) is 36.1 Å². The quantitative estimate of drug-likeness (QED) is 0.720. The molecule has 2 N–H and O–H groups in total. The van der Waals surface area contributed by atoms with Crippen molar-refractivity contribution in [3.05, 3.63) is 42.0 Å². The first-order chi connectivity index (χ1) is 11.6. The zero-order chi connectivity index (χ0) is 16.8. The molecule has 0 saturated heterocycles. The van der Waals surface area contributed by atoms with Crippen molar-refractivity contribution in [3.63, 3.8) is 0 Å². The predicted octanol–water partition coefficient (Wildman–Crippen LogP) is 3.83. The number of hydrogen-bond acceptors (Lipinski definition) is 2. The third-order valence-corrected chi connectivity index (χ3v) is 5.17. The monoisotopic (exact) mass is 323 g/mol. The highest BCUT2D eigenvalue weighted by atomic mass is 16.3. The van der Waals surface area contributed by atoms with Gasteiger partial charge in [-0.25, -0.2) is 9.13 Å². The van der Waals surface area contributed by atoms with Crippen LogP contribution in [0, 0.1) is 0 Å². The van der Waals surface area contributed by atoms with Gasteiger partial charge in [-0.2, -0.15) is 0 Å². The fourth-order valence-corrected chi connectivity index (χ4v) is 4.04. The fourth-order valence-electron chi connectivity index (χ4n) is 4.04. The molecule has 0 radical (unpaired) electrons. The lowest BCUT2D eigenvalue weighted by atomic mass is 9.92. The van der Waals surface area contributed by atoms with E-state index in [-0.39, 0.29) is 0 Å². The lowest BCUT2D eigenvalue weighted by molar-refractivity contribution is -0.634. The van der Waals surface area contributed by atoms with E-state index in [2.05, 4.69) is 23.1 Å². The second kappa shape index (κ2) is 5.55. The third-order valence-electron chi connectivity index (χ3n) is 5.17. The van der Waals surface area contributed by atoms with E-state index in [1.165, 1.54) is 17.5 Å². The van der Waals surface area contributed by atoms with Crippen LogP contribution < -0.4 is 4.57 Å². The van der Waals surface area contributed by atoms with Crippen LogP contribution in [0.15, 0.2) is 36.4 Å². The van der Waals surface area contributed by atoms with Crippen molar-refractivity contribution in [1.29, 1.82) is 0 Å². The second-order valence-corrected chi connectivity index (χ2v) is 6.77. The second-order valence-electron chi connectivity index (χ2n) is 6.77. The zero-order valence-electron chi connectivity index (χ0n) is 14.2. The number of aryl methyl sites for hydroxylation is 1. The number of unbranched alkanes of at least 4 members (excludes halogenated alkanes) is 1. The Labute approximate surface area is 141 Å². The Kier molecular flexibility index (Phi) is 3.48. The highest BCUT2D eigenvalue weighted by Gasteiger charge is 2.35. The molecule has 24 heavy (non-hydrogen) atoms. The Morgan fingerprint density at radius 2 is 1.88 bits per heavy atom. The van der Waals surface area contributed by atoms with Crippen LogP contribution in [0.2, 0.25) is 0 Å². The molecule has 4 heteroatoms. The maximum Gasteiger partial charge on any atom is 0.290 e. The maximum absolute atomic E-state index is 9.98. The average molecular weight is 323 g/mol. The molecule has 4 rings (SSSR count). The molecule has 4 nitrogen and oxygen atoms in total. The number of nitrogens with zero attached hydrogens (tertiary/aromatic N) is 2. The molecule has 2 aromatic carbocycles. The first-order valence-corrected chi connectivity index (χ1v) is 8.65. The van der Waals surface area contributed by atoms with E-state index in [1.807, 2.05) is 24.3 Å². The molecule has 0 fully saturated rings. The van der Waals surface area contributed by atoms with Gasteiger partial charge in [-0.05, 0) is 48.7 Å². The lowest BCUT2D eigenvalue weighted by Crippen LogP contribution is -2.33. The van der Waals surface area contributed by atoms with Gasteiger partial charge in [0.05, 0.1) is 12.6 Å². The SMILES string of the molecule is CCCCC1Cc2cc(O)ccc2-c2n1c1cc(O)ccc1[n+]2C. The number of benzene rings is 2. The van der Waals surface area contributed by atoms with Crippen molar-refractivity contribution in [1.82, 2.24) is 4.57 Å². The normalized spacial score (nSPS) is 16.2. The summed E-state index contributed by atoms with van der Waals surface area (Å²) < 4.78 is 4.58. The van der Waals surface area contributed by atoms with Gasteiger partial charge in [0.2, 0.25) is 0 Å². The summed E-state index contributed by atoms with van der Waals surface area (Å²) in [6.45, 7) is 2.21. The summed E-state index contributed by atoms with van der Waals surface area (Å²) in [6, 6.07) is 11.6. The van der Waals surface area contributed by atoms with Gasteiger partial charge >= 0.3 is 0 Å². The van der Waals surface area contributed by atoms with Gasteiger partial charge in [-0.1, -0.05) is 13.3 Å². The van der Waals surface area contributed by atoms with E-state index >= 15 is 0 Å². The molecule has 0 spiro atoms. The van der Waals surface area contributed by atoms with Crippen LogP contribution in [0.1, 0.15) is 37.8 Å². The Balaban J connectivity index is 2.02. The minimum atomic E-state index is 0.300. The zero-order valence-corrected chi connectivity index (χ0v) is 14.2. The summed E-state index contributed by atoms with van der Waals surface area (Å²) in [5, 5.41) is 19.9. The van der Waals surface area contributed by atoms with Crippen LogP contribution in [0.3, 0.4) is 0 Å². The van der Waals surface area contributed by atoms with Crippen LogP contribution in [-0.4, -0.2) is 14.8 Å². The van der Waals surface area contributed by atoms with Crippen molar-refractivity contribution >= 4 is 11.0 Å². The molecule has 0 amide bonds. The Hall–Kier alpha value is -2.49. The van der Waals surface area contributed by atoms with E-state index in [0.29, 0.717) is 17.5 Å². The van der Waals surface area contributed by atoms with Crippen LogP contribution in [-0.2, 0) is 13.5 Å². The Bertz CT molecular complexity index is 927. The molecule has 1 unspecified atom stereocenters. The van der Waals surface area contributed by atoms with Crippen molar-refractivity contribution in [3.8, 4) is 22.9 Å². The average Bonchev–Trinajstić information content (AvgIpc) is 2.85. The van der Waals surface area contributed by atoms with E-state index in [1.54, 1.807) is 12.1 Å². The summed E-state index contributed by atoms with van der Waals surface area (Å²) in [4.78, 5) is 0. The molecule has 3 aromatic rings. The molecule has 124 valence electrons.